The highest BCUT2D eigenvalue weighted by molar-refractivity contribution is 5.28. The lowest BCUT2D eigenvalue weighted by Crippen LogP contribution is -2.38. The van der Waals surface area contributed by atoms with Gasteiger partial charge in [0.05, 0.1) is 12.3 Å². The van der Waals surface area contributed by atoms with Crippen molar-refractivity contribution in [3.05, 3.63) is 11.9 Å². The van der Waals surface area contributed by atoms with Crippen molar-refractivity contribution in [2.45, 2.75) is 52.1 Å². The predicted molar refractivity (Wildman–Crippen MR) is 86.8 cm³/mol. The maximum atomic E-state index is 5.08. The van der Waals surface area contributed by atoms with Crippen molar-refractivity contribution in [1.82, 2.24) is 14.5 Å². The summed E-state index contributed by atoms with van der Waals surface area (Å²) in [6.45, 7) is 9.40. The Bertz CT molecular complexity index is 418. The number of likely N-dealkylation sites (tertiary alicyclic amines) is 1. The van der Waals surface area contributed by atoms with Gasteiger partial charge in [-0.25, -0.2) is 4.98 Å². The summed E-state index contributed by atoms with van der Waals surface area (Å²) in [7, 11) is 1.72. The molecule has 0 aromatic carbocycles. The van der Waals surface area contributed by atoms with Crippen LogP contribution in [0.1, 0.15) is 38.3 Å². The van der Waals surface area contributed by atoms with Gasteiger partial charge in [-0.3, -0.25) is 0 Å². The number of imidazole rings is 1. The van der Waals surface area contributed by atoms with E-state index in [1.807, 2.05) is 6.92 Å². The highest BCUT2D eigenvalue weighted by atomic mass is 16.5. The van der Waals surface area contributed by atoms with Gasteiger partial charge in [-0.2, -0.15) is 0 Å². The fourth-order valence-electron chi connectivity index (χ4n) is 3.06. The molecule has 1 atom stereocenters. The zero-order chi connectivity index (χ0) is 15.1. The van der Waals surface area contributed by atoms with E-state index in [4.69, 9.17) is 4.74 Å². The minimum atomic E-state index is 0.706. The highest BCUT2D eigenvalue weighted by Crippen LogP contribution is 2.17. The van der Waals surface area contributed by atoms with Crippen molar-refractivity contribution < 1.29 is 4.74 Å². The first-order valence-electron chi connectivity index (χ1n) is 8.21. The second-order valence-corrected chi connectivity index (χ2v) is 6.05. The molecule has 21 heavy (non-hydrogen) atoms. The molecule has 0 amide bonds. The molecule has 1 aromatic heterocycles. The van der Waals surface area contributed by atoms with Gasteiger partial charge in [-0.1, -0.05) is 6.42 Å². The molecule has 2 heterocycles. The molecule has 120 valence electrons. The van der Waals surface area contributed by atoms with Crippen LogP contribution in [0, 0.1) is 6.92 Å². The van der Waals surface area contributed by atoms with E-state index in [9.17, 15) is 0 Å². The predicted octanol–water partition coefficient (Wildman–Crippen LogP) is 2.51. The second-order valence-electron chi connectivity index (χ2n) is 6.05. The number of piperidine rings is 1. The van der Waals surface area contributed by atoms with Crippen molar-refractivity contribution in [2.75, 3.05) is 38.7 Å². The van der Waals surface area contributed by atoms with Gasteiger partial charge in [0.25, 0.3) is 0 Å². The molecule has 1 unspecified atom stereocenters. The maximum absolute atomic E-state index is 5.08. The number of methoxy groups -OCH3 is 1. The number of nitrogens with one attached hydrogen (secondary N) is 1. The third kappa shape index (κ3) is 5.00. The van der Waals surface area contributed by atoms with Crippen molar-refractivity contribution in [3.8, 4) is 0 Å². The van der Waals surface area contributed by atoms with E-state index in [0.29, 0.717) is 6.61 Å². The lowest BCUT2D eigenvalue weighted by molar-refractivity contribution is 0.157. The summed E-state index contributed by atoms with van der Waals surface area (Å²) in [5, 5.41) is 3.35. The molecule has 0 bridgehead atoms. The standard InChI is InChI=1S/C16H30N4O/c1-14-13-20(16(18-14)17-8-12-21-3)11-6-10-19-9-5-4-7-15(19)2/h13,15H,4-12H2,1-3H3,(H,17,18). The summed E-state index contributed by atoms with van der Waals surface area (Å²) in [6.07, 6.45) is 7.42. The van der Waals surface area contributed by atoms with Crippen LogP contribution >= 0.6 is 0 Å². The number of anilines is 1. The van der Waals surface area contributed by atoms with Crippen LogP contribution in [0.5, 0.6) is 0 Å². The van der Waals surface area contributed by atoms with E-state index in [-0.39, 0.29) is 0 Å². The Morgan fingerprint density at radius 3 is 3.00 bits per heavy atom. The Hall–Kier alpha value is -1.07. The zero-order valence-electron chi connectivity index (χ0n) is 13.8. The highest BCUT2D eigenvalue weighted by Gasteiger charge is 2.17. The molecule has 0 saturated carbocycles. The Kier molecular flexibility index (Phi) is 6.51. The van der Waals surface area contributed by atoms with Gasteiger partial charge < -0.3 is 19.5 Å². The average molecular weight is 294 g/mol. The molecule has 1 aliphatic heterocycles. The van der Waals surface area contributed by atoms with Gasteiger partial charge in [0, 0.05) is 39.0 Å². The Morgan fingerprint density at radius 2 is 2.24 bits per heavy atom. The number of aryl methyl sites for hydroxylation is 2. The topological polar surface area (TPSA) is 42.3 Å². The summed E-state index contributed by atoms with van der Waals surface area (Å²) < 4.78 is 7.31. The molecule has 0 spiro atoms. The fraction of sp³-hybridized carbons (Fsp3) is 0.812. The van der Waals surface area contributed by atoms with Crippen LogP contribution < -0.4 is 5.32 Å². The van der Waals surface area contributed by atoms with E-state index in [0.717, 1.165) is 30.8 Å². The Labute approximate surface area is 128 Å². The van der Waals surface area contributed by atoms with E-state index >= 15 is 0 Å². The first-order valence-corrected chi connectivity index (χ1v) is 8.21. The van der Waals surface area contributed by atoms with Crippen LogP contribution in [0.25, 0.3) is 0 Å². The van der Waals surface area contributed by atoms with Crippen LogP contribution in [0.4, 0.5) is 5.95 Å². The van der Waals surface area contributed by atoms with Crippen molar-refractivity contribution >= 4 is 5.95 Å². The number of ether oxygens (including phenoxy) is 1. The monoisotopic (exact) mass is 294 g/mol. The lowest BCUT2D eigenvalue weighted by atomic mass is 10.0. The molecular weight excluding hydrogens is 264 g/mol. The smallest absolute Gasteiger partial charge is 0.203 e. The summed E-state index contributed by atoms with van der Waals surface area (Å²) >= 11 is 0. The number of hydrogen-bond donors (Lipinski definition) is 1. The van der Waals surface area contributed by atoms with Gasteiger partial charge in [-0.15, -0.1) is 0 Å². The van der Waals surface area contributed by atoms with E-state index in [1.165, 1.54) is 38.8 Å². The minimum Gasteiger partial charge on any atom is -0.383 e. The van der Waals surface area contributed by atoms with Gasteiger partial charge in [0.15, 0.2) is 0 Å². The Balaban J connectivity index is 1.79. The number of rotatable bonds is 8. The molecule has 1 fully saturated rings. The number of aromatic nitrogens is 2. The Morgan fingerprint density at radius 1 is 1.38 bits per heavy atom. The zero-order valence-corrected chi connectivity index (χ0v) is 13.8. The van der Waals surface area contributed by atoms with Crippen LogP contribution in [0.2, 0.25) is 0 Å². The molecule has 5 nitrogen and oxygen atoms in total. The third-order valence-electron chi connectivity index (χ3n) is 4.27. The quantitative estimate of drug-likeness (QED) is 0.748. The molecule has 1 aliphatic rings. The number of hydrogen-bond acceptors (Lipinski definition) is 4. The molecule has 0 aliphatic carbocycles. The molecule has 0 radical (unpaired) electrons. The van der Waals surface area contributed by atoms with Crippen molar-refractivity contribution in [1.29, 1.82) is 0 Å². The lowest BCUT2D eigenvalue weighted by Gasteiger charge is -2.33. The molecule has 1 saturated heterocycles. The summed E-state index contributed by atoms with van der Waals surface area (Å²) in [5.74, 6) is 0.969. The van der Waals surface area contributed by atoms with Crippen LogP contribution in [-0.2, 0) is 11.3 Å². The second kappa shape index (κ2) is 8.39. The molecule has 2 rings (SSSR count). The molecule has 1 aromatic rings. The minimum absolute atomic E-state index is 0.706. The first kappa shape index (κ1) is 16.3. The maximum Gasteiger partial charge on any atom is 0.203 e. The molecular formula is C16H30N4O. The summed E-state index contributed by atoms with van der Waals surface area (Å²) in [5.41, 5.74) is 1.07. The summed E-state index contributed by atoms with van der Waals surface area (Å²) in [6, 6.07) is 0.752. The summed E-state index contributed by atoms with van der Waals surface area (Å²) in [4.78, 5) is 7.18. The molecule has 1 N–H and O–H groups in total. The SMILES string of the molecule is COCCNc1nc(C)cn1CCCN1CCCCC1C. The van der Waals surface area contributed by atoms with Gasteiger partial charge in [0.1, 0.15) is 0 Å². The van der Waals surface area contributed by atoms with Crippen LogP contribution in [0.15, 0.2) is 6.20 Å². The van der Waals surface area contributed by atoms with Crippen molar-refractivity contribution in [2.24, 2.45) is 0 Å². The van der Waals surface area contributed by atoms with E-state index in [2.05, 4.69) is 32.9 Å². The fourth-order valence-corrected chi connectivity index (χ4v) is 3.06. The van der Waals surface area contributed by atoms with Crippen molar-refractivity contribution in [3.63, 3.8) is 0 Å². The van der Waals surface area contributed by atoms with E-state index in [1.54, 1.807) is 7.11 Å². The average Bonchev–Trinajstić information content (AvgIpc) is 2.82. The number of nitrogens with zero attached hydrogens (tertiary/aromatic N) is 3. The third-order valence-corrected chi connectivity index (χ3v) is 4.27. The van der Waals surface area contributed by atoms with Gasteiger partial charge >= 0.3 is 0 Å². The van der Waals surface area contributed by atoms with E-state index < -0.39 is 0 Å². The van der Waals surface area contributed by atoms with Crippen LogP contribution in [-0.4, -0.2) is 53.8 Å². The van der Waals surface area contributed by atoms with Gasteiger partial charge in [-0.05, 0) is 39.7 Å². The largest absolute Gasteiger partial charge is 0.383 e. The first-order chi connectivity index (χ1) is 10.2. The van der Waals surface area contributed by atoms with Gasteiger partial charge in [0.2, 0.25) is 5.95 Å². The molecule has 5 heteroatoms. The normalized spacial score (nSPS) is 19.9. The van der Waals surface area contributed by atoms with Crippen LogP contribution in [0.3, 0.4) is 0 Å².